The van der Waals surface area contributed by atoms with Gasteiger partial charge in [-0.1, -0.05) is 78.9 Å². The van der Waals surface area contributed by atoms with Crippen molar-refractivity contribution in [3.63, 3.8) is 0 Å². The van der Waals surface area contributed by atoms with E-state index in [4.69, 9.17) is 0 Å². The molecule has 0 aliphatic carbocycles. The third-order valence-corrected chi connectivity index (χ3v) is 5.72. The second kappa shape index (κ2) is 9.02. The number of hydrogen-bond acceptors (Lipinski definition) is 2. The topological polar surface area (TPSA) is 24.9 Å². The number of nitrogens with one attached hydrogen (secondary N) is 1. The maximum Gasteiger partial charge on any atom is 0.418 e. The number of anilines is 1. The maximum absolute atomic E-state index is 13.7. The first-order valence-electron chi connectivity index (χ1n) is 10.8. The van der Waals surface area contributed by atoms with Crippen LogP contribution in [0.1, 0.15) is 11.1 Å². The predicted octanol–water partition coefficient (Wildman–Crippen LogP) is 8.00. The van der Waals surface area contributed by atoms with E-state index in [0.29, 0.717) is 11.9 Å². The van der Waals surface area contributed by atoms with Gasteiger partial charge in [0.1, 0.15) is 0 Å². The number of alkyl halides is 3. The van der Waals surface area contributed by atoms with Gasteiger partial charge in [-0.25, -0.2) is 0 Å². The first-order chi connectivity index (χ1) is 16.5. The second-order valence-corrected chi connectivity index (χ2v) is 7.96. The van der Waals surface area contributed by atoms with Gasteiger partial charge in [0, 0.05) is 34.9 Å². The molecule has 1 aromatic heterocycles. The first kappa shape index (κ1) is 21.7. The Bertz CT molecular complexity index is 1430. The number of aromatic nitrogens is 1. The van der Waals surface area contributed by atoms with Gasteiger partial charge in [-0.3, -0.25) is 4.98 Å². The van der Waals surface area contributed by atoms with Gasteiger partial charge in [0.2, 0.25) is 0 Å². The van der Waals surface area contributed by atoms with Crippen LogP contribution in [-0.2, 0) is 12.7 Å². The van der Waals surface area contributed by atoms with Gasteiger partial charge in [-0.15, -0.1) is 0 Å². The maximum atomic E-state index is 13.7. The van der Waals surface area contributed by atoms with Gasteiger partial charge >= 0.3 is 6.18 Å². The zero-order chi connectivity index (χ0) is 23.5. The summed E-state index contributed by atoms with van der Waals surface area (Å²) in [5.41, 5.74) is 4.41. The number of hydrogen-bond donors (Lipinski definition) is 1. The Kier molecular flexibility index (Phi) is 5.76. The van der Waals surface area contributed by atoms with E-state index in [0.717, 1.165) is 39.6 Å². The van der Waals surface area contributed by atoms with E-state index in [-0.39, 0.29) is 5.52 Å². The molecule has 0 unspecified atom stereocenters. The molecular weight excluding hydrogens is 433 g/mol. The van der Waals surface area contributed by atoms with Gasteiger partial charge in [-0.2, -0.15) is 13.2 Å². The Morgan fingerprint density at radius 2 is 1.53 bits per heavy atom. The molecule has 34 heavy (non-hydrogen) atoms. The number of rotatable bonds is 5. The van der Waals surface area contributed by atoms with Crippen molar-refractivity contribution in [1.29, 1.82) is 0 Å². The van der Waals surface area contributed by atoms with Crippen LogP contribution in [0.25, 0.3) is 33.2 Å². The summed E-state index contributed by atoms with van der Waals surface area (Å²) in [5, 5.41) is 3.87. The summed E-state index contributed by atoms with van der Waals surface area (Å²) >= 11 is 0. The van der Waals surface area contributed by atoms with Gasteiger partial charge in [0.25, 0.3) is 0 Å². The van der Waals surface area contributed by atoms with Crippen molar-refractivity contribution in [2.45, 2.75) is 12.7 Å². The minimum absolute atomic E-state index is 0.0522. The summed E-state index contributed by atoms with van der Waals surface area (Å²) in [4.78, 5) is 4.27. The molecular formula is C29H20F3N2. The molecule has 167 valence electrons. The molecule has 1 heterocycles. The molecule has 0 aliphatic rings. The van der Waals surface area contributed by atoms with Gasteiger partial charge in [0.15, 0.2) is 0 Å². The zero-order valence-electron chi connectivity index (χ0n) is 18.1. The fourth-order valence-electron chi connectivity index (χ4n) is 4.13. The van der Waals surface area contributed by atoms with Crippen molar-refractivity contribution >= 4 is 16.6 Å². The number of halogens is 3. The van der Waals surface area contributed by atoms with Crippen LogP contribution >= 0.6 is 0 Å². The summed E-state index contributed by atoms with van der Waals surface area (Å²) in [6.07, 6.45) is -2.95. The Hall–Kier alpha value is -4.12. The fraction of sp³-hybridized carbons (Fsp3) is 0.0690. The summed E-state index contributed by atoms with van der Waals surface area (Å²) in [6, 6.07) is 32.3. The highest BCUT2D eigenvalue weighted by Crippen LogP contribution is 2.41. The van der Waals surface area contributed by atoms with E-state index < -0.39 is 11.7 Å². The summed E-state index contributed by atoms with van der Waals surface area (Å²) in [5.74, 6) is 0. The molecule has 0 fully saturated rings. The molecule has 5 aromatic rings. The Morgan fingerprint density at radius 1 is 0.794 bits per heavy atom. The van der Waals surface area contributed by atoms with E-state index in [2.05, 4.69) is 16.4 Å². The lowest BCUT2D eigenvalue weighted by atomic mass is 9.91. The van der Waals surface area contributed by atoms with Crippen LogP contribution in [-0.4, -0.2) is 4.98 Å². The number of fused-ring (bicyclic) bond motifs is 1. The predicted molar refractivity (Wildman–Crippen MR) is 130 cm³/mol. The summed E-state index contributed by atoms with van der Waals surface area (Å²) < 4.78 is 41.2. The molecule has 1 N–H and O–H groups in total. The largest absolute Gasteiger partial charge is 0.418 e. The van der Waals surface area contributed by atoms with Crippen molar-refractivity contribution in [3.05, 3.63) is 120 Å². The van der Waals surface area contributed by atoms with Crippen LogP contribution in [0.2, 0.25) is 0 Å². The molecule has 0 atom stereocenters. The van der Waals surface area contributed by atoms with Gasteiger partial charge < -0.3 is 5.32 Å². The SMILES string of the molecule is FC(F)(F)c1cccc2c(-c3cccc(NCc4cc[c]cc4)c3)c(-c3ccccc3)cnc12. The lowest BCUT2D eigenvalue weighted by molar-refractivity contribution is -0.136. The van der Waals surface area contributed by atoms with Crippen LogP contribution in [0, 0.1) is 6.07 Å². The van der Waals surface area contributed by atoms with E-state index >= 15 is 0 Å². The normalized spacial score (nSPS) is 11.5. The molecule has 5 rings (SSSR count). The summed E-state index contributed by atoms with van der Waals surface area (Å²) in [6.45, 7) is 0.624. The van der Waals surface area contributed by atoms with E-state index in [1.165, 1.54) is 6.07 Å². The molecule has 0 spiro atoms. The molecule has 0 amide bonds. The smallest absolute Gasteiger partial charge is 0.381 e. The minimum Gasteiger partial charge on any atom is -0.381 e. The van der Waals surface area contributed by atoms with Crippen LogP contribution < -0.4 is 5.32 Å². The van der Waals surface area contributed by atoms with Crippen molar-refractivity contribution in [2.75, 3.05) is 5.32 Å². The van der Waals surface area contributed by atoms with Crippen LogP contribution in [0.3, 0.4) is 0 Å². The van der Waals surface area contributed by atoms with Gasteiger partial charge in [-0.05, 0) is 41.0 Å². The number of nitrogens with zero attached hydrogens (tertiary/aromatic N) is 1. The molecule has 2 nitrogen and oxygen atoms in total. The Morgan fingerprint density at radius 3 is 2.29 bits per heavy atom. The number of benzene rings is 4. The van der Waals surface area contributed by atoms with Crippen molar-refractivity contribution in [2.24, 2.45) is 0 Å². The molecule has 0 bridgehead atoms. The highest BCUT2D eigenvalue weighted by molar-refractivity contribution is 6.03. The quantitative estimate of drug-likeness (QED) is 0.292. The Labute approximate surface area is 195 Å². The second-order valence-electron chi connectivity index (χ2n) is 7.96. The van der Waals surface area contributed by atoms with Crippen molar-refractivity contribution in [3.8, 4) is 22.3 Å². The lowest BCUT2D eigenvalue weighted by Gasteiger charge is -2.17. The van der Waals surface area contributed by atoms with E-state index in [1.54, 1.807) is 12.3 Å². The molecule has 0 saturated carbocycles. The first-order valence-corrected chi connectivity index (χ1v) is 10.8. The van der Waals surface area contributed by atoms with Crippen molar-refractivity contribution < 1.29 is 13.2 Å². The highest BCUT2D eigenvalue weighted by Gasteiger charge is 2.33. The molecule has 4 aromatic carbocycles. The average molecular weight is 453 g/mol. The molecule has 0 aliphatic heterocycles. The van der Waals surface area contributed by atoms with E-state index in [1.807, 2.05) is 78.9 Å². The molecule has 5 heteroatoms. The minimum atomic E-state index is -4.49. The molecule has 0 saturated heterocycles. The number of pyridine rings is 1. The van der Waals surface area contributed by atoms with Crippen LogP contribution in [0.15, 0.2) is 103 Å². The average Bonchev–Trinajstić information content (AvgIpc) is 2.87. The Balaban J connectivity index is 1.67. The number of para-hydroxylation sites is 1. The fourth-order valence-corrected chi connectivity index (χ4v) is 4.13. The van der Waals surface area contributed by atoms with Crippen molar-refractivity contribution in [1.82, 2.24) is 4.98 Å². The summed E-state index contributed by atoms with van der Waals surface area (Å²) in [7, 11) is 0. The van der Waals surface area contributed by atoms with Crippen LogP contribution in [0.5, 0.6) is 0 Å². The molecule has 1 radical (unpaired) electrons. The third kappa shape index (κ3) is 4.37. The third-order valence-electron chi connectivity index (χ3n) is 5.72. The lowest BCUT2D eigenvalue weighted by Crippen LogP contribution is -2.07. The van der Waals surface area contributed by atoms with Crippen LogP contribution in [0.4, 0.5) is 18.9 Å². The zero-order valence-corrected chi connectivity index (χ0v) is 18.1. The monoisotopic (exact) mass is 453 g/mol. The standard InChI is InChI=1S/C29H20F3N2/c30-29(31,32)26-16-8-15-24-27(25(19-34-28(24)26)21-11-5-2-6-12-21)22-13-7-14-23(17-22)33-18-20-9-3-1-4-10-20/h2-17,19,33H,18H2. The highest BCUT2D eigenvalue weighted by atomic mass is 19.4. The van der Waals surface area contributed by atoms with Gasteiger partial charge in [0.05, 0.1) is 11.1 Å². The van der Waals surface area contributed by atoms with E-state index in [9.17, 15) is 13.2 Å².